The van der Waals surface area contributed by atoms with Crippen molar-refractivity contribution in [3.05, 3.63) is 63.6 Å². The molecule has 4 nitrogen and oxygen atoms in total. The van der Waals surface area contributed by atoms with Crippen LogP contribution in [0.5, 0.6) is 0 Å². The van der Waals surface area contributed by atoms with Gasteiger partial charge in [-0.15, -0.1) is 0 Å². The van der Waals surface area contributed by atoms with Gasteiger partial charge in [0.25, 0.3) is 5.91 Å². The smallest absolute Gasteiger partial charge is 0.254 e. The molecule has 0 radical (unpaired) electrons. The number of carbonyl (C=O) groups excluding carboxylic acids is 2. The third-order valence-corrected chi connectivity index (χ3v) is 3.88. The lowest BCUT2D eigenvalue weighted by molar-refractivity contribution is -0.116. The van der Waals surface area contributed by atoms with Crippen LogP contribution in [-0.2, 0) is 4.79 Å². The van der Waals surface area contributed by atoms with Crippen LogP contribution in [0.4, 0.5) is 5.69 Å². The second-order valence-corrected chi connectivity index (χ2v) is 5.99. The van der Waals surface area contributed by atoms with Crippen molar-refractivity contribution in [1.29, 1.82) is 0 Å². The Bertz CT molecular complexity index is 710. The minimum Gasteiger partial charge on any atom is -0.332 e. The van der Waals surface area contributed by atoms with E-state index in [0.29, 0.717) is 21.3 Å². The summed E-state index contributed by atoms with van der Waals surface area (Å²) in [6, 6.07) is 12.1. The first-order valence-corrected chi connectivity index (χ1v) is 7.70. The molecule has 0 unspecified atom stereocenters. The Morgan fingerprint density at radius 3 is 2.17 bits per heavy atom. The number of halogens is 2. The summed E-state index contributed by atoms with van der Waals surface area (Å²) in [6.45, 7) is 1.84. The van der Waals surface area contributed by atoms with Gasteiger partial charge in [0.2, 0.25) is 5.91 Å². The van der Waals surface area contributed by atoms with Crippen LogP contribution in [0.2, 0.25) is 10.0 Å². The summed E-state index contributed by atoms with van der Waals surface area (Å²) in [5, 5.41) is 3.32. The molecular formula is C17H16Cl2N2O2. The first kappa shape index (κ1) is 17.3. The fourth-order valence-corrected chi connectivity index (χ4v) is 2.49. The molecule has 0 atom stereocenters. The van der Waals surface area contributed by atoms with Crippen LogP contribution in [0.3, 0.4) is 0 Å². The molecule has 120 valence electrons. The van der Waals surface area contributed by atoms with E-state index >= 15 is 0 Å². The lowest BCUT2D eigenvalue weighted by Crippen LogP contribution is -2.35. The van der Waals surface area contributed by atoms with Crippen molar-refractivity contribution in [3.63, 3.8) is 0 Å². The van der Waals surface area contributed by atoms with Gasteiger partial charge >= 0.3 is 0 Å². The van der Waals surface area contributed by atoms with Gasteiger partial charge in [-0.3, -0.25) is 9.59 Å². The predicted octanol–water partition coefficient (Wildman–Crippen LogP) is 4.01. The number of amides is 2. The maximum absolute atomic E-state index is 12.3. The Morgan fingerprint density at radius 1 is 1.04 bits per heavy atom. The Morgan fingerprint density at radius 2 is 1.61 bits per heavy atom. The van der Waals surface area contributed by atoms with Gasteiger partial charge in [0, 0.05) is 12.6 Å². The molecule has 0 saturated heterocycles. The number of anilines is 1. The van der Waals surface area contributed by atoms with E-state index in [0.717, 1.165) is 5.56 Å². The van der Waals surface area contributed by atoms with Gasteiger partial charge in [-0.05, 0) is 31.2 Å². The van der Waals surface area contributed by atoms with E-state index in [1.54, 1.807) is 37.4 Å². The van der Waals surface area contributed by atoms with E-state index < -0.39 is 0 Å². The van der Waals surface area contributed by atoms with Crippen molar-refractivity contribution in [2.45, 2.75) is 6.92 Å². The van der Waals surface area contributed by atoms with Crippen molar-refractivity contribution in [1.82, 2.24) is 4.90 Å². The van der Waals surface area contributed by atoms with Crippen LogP contribution in [0, 0.1) is 6.92 Å². The average Bonchev–Trinajstić information content (AvgIpc) is 2.51. The van der Waals surface area contributed by atoms with Gasteiger partial charge in [0.05, 0.1) is 22.3 Å². The zero-order valence-electron chi connectivity index (χ0n) is 12.8. The molecular weight excluding hydrogens is 335 g/mol. The molecule has 1 N–H and O–H groups in total. The van der Waals surface area contributed by atoms with Crippen molar-refractivity contribution >= 4 is 40.7 Å². The molecule has 0 bridgehead atoms. The number of nitrogens with zero attached hydrogens (tertiary/aromatic N) is 1. The maximum atomic E-state index is 12.3. The van der Waals surface area contributed by atoms with Gasteiger partial charge in [-0.2, -0.15) is 0 Å². The zero-order chi connectivity index (χ0) is 17.0. The van der Waals surface area contributed by atoms with Gasteiger partial charge in [-0.1, -0.05) is 47.0 Å². The predicted molar refractivity (Wildman–Crippen MR) is 93.2 cm³/mol. The summed E-state index contributed by atoms with van der Waals surface area (Å²) in [5.74, 6) is -0.603. The number of likely N-dealkylation sites (N-methyl/N-ethyl adjacent to an activating group) is 1. The van der Waals surface area contributed by atoms with Crippen LogP contribution < -0.4 is 5.32 Å². The van der Waals surface area contributed by atoms with Crippen molar-refractivity contribution < 1.29 is 9.59 Å². The van der Waals surface area contributed by atoms with Crippen molar-refractivity contribution in [2.75, 3.05) is 18.9 Å². The monoisotopic (exact) mass is 350 g/mol. The van der Waals surface area contributed by atoms with E-state index in [1.807, 2.05) is 19.1 Å². The molecule has 0 aromatic heterocycles. The third kappa shape index (κ3) is 4.47. The number of nitrogens with one attached hydrogen (secondary N) is 1. The highest BCUT2D eigenvalue weighted by Crippen LogP contribution is 2.29. The van der Waals surface area contributed by atoms with Crippen LogP contribution in [-0.4, -0.2) is 30.3 Å². The Kier molecular flexibility index (Phi) is 5.64. The number of rotatable bonds is 4. The summed E-state index contributed by atoms with van der Waals surface area (Å²) in [4.78, 5) is 25.7. The fraction of sp³-hybridized carbons (Fsp3) is 0.176. The number of aryl methyl sites for hydroxylation is 1. The van der Waals surface area contributed by atoms with Crippen molar-refractivity contribution in [3.8, 4) is 0 Å². The molecule has 0 aliphatic rings. The largest absolute Gasteiger partial charge is 0.332 e. The topological polar surface area (TPSA) is 49.4 Å². The molecule has 0 spiro atoms. The minimum atomic E-state index is -0.372. The summed E-state index contributed by atoms with van der Waals surface area (Å²) < 4.78 is 0. The highest BCUT2D eigenvalue weighted by molar-refractivity contribution is 6.39. The van der Waals surface area contributed by atoms with Crippen LogP contribution >= 0.6 is 23.2 Å². The van der Waals surface area contributed by atoms with E-state index in [-0.39, 0.29) is 18.4 Å². The zero-order valence-corrected chi connectivity index (χ0v) is 14.3. The Hall–Kier alpha value is -2.04. The molecule has 2 aromatic rings. The molecule has 23 heavy (non-hydrogen) atoms. The maximum Gasteiger partial charge on any atom is 0.254 e. The fourth-order valence-electron chi connectivity index (χ4n) is 2.00. The van der Waals surface area contributed by atoms with Gasteiger partial charge in [0.1, 0.15) is 0 Å². The number of hydrogen-bond donors (Lipinski definition) is 1. The molecule has 0 fully saturated rings. The van der Waals surface area contributed by atoms with Crippen LogP contribution in [0.25, 0.3) is 0 Å². The van der Waals surface area contributed by atoms with E-state index in [9.17, 15) is 9.59 Å². The van der Waals surface area contributed by atoms with Crippen LogP contribution in [0.15, 0.2) is 42.5 Å². The number of benzene rings is 2. The van der Waals surface area contributed by atoms with Gasteiger partial charge < -0.3 is 10.2 Å². The van der Waals surface area contributed by atoms with Gasteiger partial charge in [-0.25, -0.2) is 0 Å². The summed E-state index contributed by atoms with van der Waals surface area (Å²) >= 11 is 12.0. The number of carbonyl (C=O) groups is 2. The van der Waals surface area contributed by atoms with Gasteiger partial charge in [0.15, 0.2) is 0 Å². The third-order valence-electron chi connectivity index (χ3n) is 3.25. The molecule has 6 heteroatoms. The molecule has 2 rings (SSSR count). The van der Waals surface area contributed by atoms with E-state index in [1.165, 1.54) is 4.90 Å². The normalized spacial score (nSPS) is 10.3. The number of para-hydroxylation sites is 1. The first-order valence-electron chi connectivity index (χ1n) is 6.94. The van der Waals surface area contributed by atoms with Crippen molar-refractivity contribution in [2.24, 2.45) is 0 Å². The summed E-state index contributed by atoms with van der Waals surface area (Å²) in [7, 11) is 1.57. The highest BCUT2D eigenvalue weighted by Gasteiger charge is 2.16. The average molecular weight is 351 g/mol. The summed E-state index contributed by atoms with van der Waals surface area (Å²) in [5.41, 5.74) is 1.94. The summed E-state index contributed by atoms with van der Waals surface area (Å²) in [6.07, 6.45) is 0. The molecule has 2 aromatic carbocycles. The molecule has 0 aliphatic heterocycles. The quantitative estimate of drug-likeness (QED) is 0.905. The Balaban J connectivity index is 2.02. The standard InChI is InChI=1S/C17H16Cl2N2O2/c1-11-6-8-12(9-7-11)17(23)21(2)10-15(22)20-16-13(18)4-3-5-14(16)19/h3-9H,10H2,1-2H3,(H,20,22). The Labute approximate surface area is 145 Å². The first-order chi connectivity index (χ1) is 10.9. The second kappa shape index (κ2) is 7.49. The van der Waals surface area contributed by atoms with Crippen LogP contribution in [0.1, 0.15) is 15.9 Å². The molecule has 2 amide bonds. The molecule has 0 heterocycles. The SMILES string of the molecule is Cc1ccc(C(=O)N(C)CC(=O)Nc2c(Cl)cccc2Cl)cc1. The molecule has 0 saturated carbocycles. The second-order valence-electron chi connectivity index (χ2n) is 5.17. The molecule has 0 aliphatic carbocycles. The lowest BCUT2D eigenvalue weighted by Gasteiger charge is -2.17. The lowest BCUT2D eigenvalue weighted by atomic mass is 10.1. The number of hydrogen-bond acceptors (Lipinski definition) is 2. The van der Waals surface area contributed by atoms with E-state index in [4.69, 9.17) is 23.2 Å². The minimum absolute atomic E-state index is 0.103. The van der Waals surface area contributed by atoms with E-state index in [2.05, 4.69) is 5.32 Å². The highest BCUT2D eigenvalue weighted by atomic mass is 35.5.